The van der Waals surface area contributed by atoms with Crippen LogP contribution in [0.4, 0.5) is 5.82 Å². The molecule has 0 radical (unpaired) electrons. The molecule has 0 bridgehead atoms. The Morgan fingerprint density at radius 2 is 1.21 bits per heavy atom. The number of rotatable bonds is 8. The number of fused-ring (bicyclic) bond motifs is 2. The zero-order chi connectivity index (χ0) is 41.0. The van der Waals surface area contributed by atoms with Crippen molar-refractivity contribution in [1.82, 2.24) is 39.5 Å². The monoisotopic (exact) mass is 850 g/mol. The summed E-state index contributed by atoms with van der Waals surface area (Å²) in [5.74, 6) is 0.0621. The fourth-order valence-corrected chi connectivity index (χ4v) is 8.80. The Morgan fingerprint density at radius 1 is 0.754 bits per heavy atom. The Labute approximate surface area is 347 Å². The highest BCUT2D eigenvalue weighted by Crippen LogP contribution is 2.40. The van der Waals surface area contributed by atoms with Crippen LogP contribution in [-0.2, 0) is 28.5 Å². The molecule has 4 aromatic heterocycles. The summed E-state index contributed by atoms with van der Waals surface area (Å²) in [5.41, 5.74) is 6.56. The Balaban J connectivity index is 0.000000170. The number of nitrogens with zero attached hydrogens (tertiary/aromatic N) is 8. The third-order valence-electron chi connectivity index (χ3n) is 11.2. The number of carbonyl (C=O) groups excluding carboxylic acids is 2. The molecule has 2 aliphatic heterocycles. The first-order valence-electron chi connectivity index (χ1n) is 19.9. The predicted molar refractivity (Wildman–Crippen MR) is 216 cm³/mol. The highest BCUT2D eigenvalue weighted by molar-refractivity contribution is 6.35. The first-order chi connectivity index (χ1) is 27.3. The Morgan fingerprint density at radius 3 is 1.67 bits per heavy atom. The van der Waals surface area contributed by atoms with Gasteiger partial charge in [0.15, 0.2) is 36.0 Å². The smallest absolute Gasteiger partial charge is 0.303 e. The number of nitrogens with one attached hydrogen (secondary N) is 1. The van der Waals surface area contributed by atoms with E-state index >= 15 is 0 Å². The van der Waals surface area contributed by atoms with Crippen LogP contribution in [-0.4, -0.2) is 87.9 Å². The summed E-state index contributed by atoms with van der Waals surface area (Å²) in [6, 6.07) is 0.934. The third-order valence-corrected chi connectivity index (χ3v) is 11.8. The Bertz CT molecular complexity index is 2000. The third kappa shape index (κ3) is 9.90. The first-order valence-corrected chi connectivity index (χ1v) is 21.1. The quantitative estimate of drug-likeness (QED) is 0.0998. The van der Waals surface area contributed by atoms with Crippen molar-refractivity contribution in [1.29, 1.82) is 0 Å². The molecule has 2 saturated heterocycles. The lowest BCUT2D eigenvalue weighted by molar-refractivity contribution is -0.154. The number of halogens is 3. The fourth-order valence-electron chi connectivity index (χ4n) is 8.22. The highest BCUT2D eigenvalue weighted by atomic mass is 35.5. The maximum atomic E-state index is 11.7. The largest absolute Gasteiger partial charge is 0.457 e. The van der Waals surface area contributed by atoms with E-state index in [1.807, 2.05) is 20.8 Å². The minimum absolute atomic E-state index is 0.0198. The van der Waals surface area contributed by atoms with Crippen LogP contribution < -0.4 is 11.1 Å². The van der Waals surface area contributed by atoms with Crippen LogP contribution in [0.2, 0.25) is 15.7 Å². The lowest BCUT2D eigenvalue weighted by atomic mass is 9.98. The van der Waals surface area contributed by atoms with Crippen LogP contribution in [0.25, 0.3) is 22.1 Å². The number of anilines is 1. The molecule has 8 rings (SSSR count). The normalized spacial score (nSPS) is 27.6. The summed E-state index contributed by atoms with van der Waals surface area (Å²) in [6.45, 7) is 10.9. The highest BCUT2D eigenvalue weighted by Gasteiger charge is 2.47. The second-order valence-corrected chi connectivity index (χ2v) is 16.3. The van der Waals surface area contributed by atoms with Gasteiger partial charge in [-0.2, -0.15) is 25.1 Å². The molecule has 16 nitrogen and oxygen atoms in total. The van der Waals surface area contributed by atoms with Gasteiger partial charge in [0.25, 0.3) is 0 Å². The maximum Gasteiger partial charge on any atom is 0.303 e. The van der Waals surface area contributed by atoms with Gasteiger partial charge in [-0.1, -0.05) is 65.0 Å². The molecule has 4 aromatic rings. The lowest BCUT2D eigenvalue weighted by Gasteiger charge is -2.21. The van der Waals surface area contributed by atoms with Crippen LogP contribution in [0, 0.1) is 11.8 Å². The van der Waals surface area contributed by atoms with Crippen molar-refractivity contribution in [3.8, 4) is 0 Å². The molecule has 8 atom stereocenters. The van der Waals surface area contributed by atoms with Crippen molar-refractivity contribution >= 4 is 74.6 Å². The minimum Gasteiger partial charge on any atom is -0.457 e. The lowest BCUT2D eigenvalue weighted by Crippen LogP contribution is -2.30. The van der Waals surface area contributed by atoms with E-state index < -0.39 is 24.7 Å². The summed E-state index contributed by atoms with van der Waals surface area (Å²) < 4.78 is 26.5. The van der Waals surface area contributed by atoms with Crippen LogP contribution >= 0.6 is 34.8 Å². The van der Waals surface area contributed by atoms with Crippen LogP contribution in [0.15, 0.2) is 12.4 Å². The van der Waals surface area contributed by atoms with Crippen molar-refractivity contribution < 1.29 is 28.5 Å². The number of aromatic nitrogens is 8. The van der Waals surface area contributed by atoms with Gasteiger partial charge in [0, 0.05) is 37.8 Å². The molecule has 3 N–H and O–H groups in total. The van der Waals surface area contributed by atoms with E-state index in [0.717, 1.165) is 31.1 Å². The van der Waals surface area contributed by atoms with Gasteiger partial charge in [0.2, 0.25) is 10.6 Å². The minimum atomic E-state index is -0.585. The maximum absolute atomic E-state index is 11.7. The second kappa shape index (κ2) is 19.1. The average Bonchev–Trinajstić information content (AvgIpc) is 4.02. The molecular formula is C38H53Cl3N10O6. The number of hydrogen-bond acceptors (Lipinski definition) is 14. The number of esters is 2. The van der Waals surface area contributed by atoms with Gasteiger partial charge in [-0.15, -0.1) is 0 Å². The Hall–Kier alpha value is -3.41. The van der Waals surface area contributed by atoms with Crippen LogP contribution in [0.5, 0.6) is 0 Å². The van der Waals surface area contributed by atoms with E-state index in [-0.39, 0.29) is 51.7 Å². The molecule has 2 saturated carbocycles. The average molecular weight is 852 g/mol. The number of nitrogens with two attached hydrogens (primary N) is 1. The second-order valence-electron chi connectivity index (χ2n) is 15.3. The van der Waals surface area contributed by atoms with E-state index in [4.69, 9.17) is 59.5 Å². The van der Waals surface area contributed by atoms with Gasteiger partial charge in [0.1, 0.15) is 11.0 Å². The van der Waals surface area contributed by atoms with Gasteiger partial charge in [-0.05, 0) is 61.7 Å². The van der Waals surface area contributed by atoms with E-state index in [0.29, 0.717) is 34.6 Å². The van der Waals surface area contributed by atoms with Crippen molar-refractivity contribution in [3.63, 3.8) is 0 Å². The van der Waals surface area contributed by atoms with Crippen molar-refractivity contribution in [3.05, 3.63) is 28.1 Å². The van der Waals surface area contributed by atoms with Gasteiger partial charge in [0.05, 0.1) is 35.4 Å². The number of hydrogen-bond donors (Lipinski definition) is 2. The van der Waals surface area contributed by atoms with Crippen LogP contribution in [0.3, 0.4) is 0 Å². The predicted octanol–water partition coefficient (Wildman–Crippen LogP) is 7.61. The molecule has 19 heteroatoms. The van der Waals surface area contributed by atoms with E-state index in [9.17, 15) is 9.59 Å². The zero-order valence-electron chi connectivity index (χ0n) is 33.2. The molecule has 6 heterocycles. The van der Waals surface area contributed by atoms with Crippen LogP contribution in [0.1, 0.15) is 118 Å². The number of carbonyl (C=O) groups is 2. The van der Waals surface area contributed by atoms with E-state index in [1.54, 1.807) is 21.8 Å². The molecule has 4 fully saturated rings. The fraction of sp³-hybridized carbons (Fsp3) is 0.684. The molecule has 0 aromatic carbocycles. The van der Waals surface area contributed by atoms with Crippen molar-refractivity contribution in [2.24, 2.45) is 17.6 Å². The van der Waals surface area contributed by atoms with Gasteiger partial charge >= 0.3 is 11.9 Å². The SMILES string of the molecule is CC[C@H]1O[C@@H](n2ncc3c(Cl)nc(Cl)nc32)C(OC(C)=O)[C@@H]1C.CC[C@H]1O[C@@H](n2ncc3c(NC4CCCC4)nc(Cl)nc32)C(OC(C)=O)[C@@H]1C.NC1CCCC1. The van der Waals surface area contributed by atoms with Gasteiger partial charge < -0.3 is 30.0 Å². The van der Waals surface area contributed by atoms with E-state index in [2.05, 4.69) is 42.4 Å². The molecule has 312 valence electrons. The van der Waals surface area contributed by atoms with Gasteiger partial charge in [-0.3, -0.25) is 9.59 Å². The molecule has 0 amide bonds. The standard InChI is InChI=1S/C19H26ClN5O3.C14H16Cl2N4O3.C5H11N/c1-4-14-10(2)15(27-11(3)26)18(28-14)25-17-13(9-21-25)16(23-19(20)24-17)22-12-7-5-6-8-12;1-4-9-6(2)10(22-7(3)21)13(23-9)20-12-8(5-17-20)11(15)18-14(16)19-12;6-5-3-1-2-4-5/h9-10,12,14-15,18H,4-8H2,1-3H3,(H,22,23,24);5-6,9-10,13H,4H2,1-3H3;5H,1-4,6H2/t10-,14-,15?,18-;6-,9-,10?,13-;/m11./s1. The topological polar surface area (TPSA) is 196 Å². The molecule has 2 unspecified atom stereocenters. The summed E-state index contributed by atoms with van der Waals surface area (Å²) in [4.78, 5) is 40.0. The van der Waals surface area contributed by atoms with Gasteiger partial charge in [-0.25, -0.2) is 14.3 Å². The Kier molecular flexibility index (Phi) is 14.5. The molecular weight excluding hydrogens is 799 g/mol. The molecule has 4 aliphatic rings. The zero-order valence-corrected chi connectivity index (χ0v) is 35.5. The summed E-state index contributed by atoms with van der Waals surface area (Å²) in [6.07, 6.45) is 12.7. The van der Waals surface area contributed by atoms with E-state index in [1.165, 1.54) is 52.4 Å². The first kappa shape index (κ1) is 43.2. The summed E-state index contributed by atoms with van der Waals surface area (Å²) in [7, 11) is 0. The number of ether oxygens (including phenoxy) is 4. The van der Waals surface area contributed by atoms with Crippen molar-refractivity contribution in [2.45, 2.75) is 155 Å². The summed E-state index contributed by atoms with van der Waals surface area (Å²) >= 11 is 18.2. The summed E-state index contributed by atoms with van der Waals surface area (Å²) in [5, 5.41) is 14.0. The molecule has 57 heavy (non-hydrogen) atoms. The molecule has 2 aliphatic carbocycles. The molecule has 0 spiro atoms. The van der Waals surface area contributed by atoms with Crippen molar-refractivity contribution in [2.75, 3.05) is 5.32 Å².